The van der Waals surface area contributed by atoms with Crippen LogP contribution in [0.15, 0.2) is 24.3 Å². The van der Waals surface area contributed by atoms with Gasteiger partial charge in [0.25, 0.3) is 0 Å². The van der Waals surface area contributed by atoms with Crippen molar-refractivity contribution in [1.82, 2.24) is 9.78 Å². The molecule has 1 heterocycles. The lowest BCUT2D eigenvalue weighted by atomic mass is 10.1. The van der Waals surface area contributed by atoms with Gasteiger partial charge in [-0.3, -0.25) is 4.79 Å². The molecule has 2 rings (SSSR count). The monoisotopic (exact) mass is 249 g/mol. The van der Waals surface area contributed by atoms with Crippen LogP contribution in [-0.2, 0) is 11.5 Å². The SMILES string of the molecule is COCn1nc(-c2ccc(F)cc2)c(C=O)c1N. The lowest BCUT2D eigenvalue weighted by molar-refractivity contribution is 0.112. The Kier molecular flexibility index (Phi) is 3.38. The van der Waals surface area contributed by atoms with E-state index < -0.39 is 0 Å². The van der Waals surface area contributed by atoms with Crippen LogP contribution in [0.25, 0.3) is 11.3 Å². The molecular weight excluding hydrogens is 237 g/mol. The average Bonchev–Trinajstić information content (AvgIpc) is 2.68. The summed E-state index contributed by atoms with van der Waals surface area (Å²) in [5, 5.41) is 4.18. The van der Waals surface area contributed by atoms with Gasteiger partial charge in [0.05, 0.1) is 5.56 Å². The molecule has 2 aromatic rings. The van der Waals surface area contributed by atoms with Gasteiger partial charge in [-0.05, 0) is 24.3 Å². The molecule has 0 aliphatic heterocycles. The number of hydrogen-bond acceptors (Lipinski definition) is 4. The summed E-state index contributed by atoms with van der Waals surface area (Å²) in [7, 11) is 1.50. The van der Waals surface area contributed by atoms with Crippen LogP contribution in [-0.4, -0.2) is 23.2 Å². The van der Waals surface area contributed by atoms with Crippen molar-refractivity contribution in [2.24, 2.45) is 0 Å². The van der Waals surface area contributed by atoms with E-state index in [1.165, 1.54) is 23.9 Å². The molecule has 0 aliphatic rings. The summed E-state index contributed by atoms with van der Waals surface area (Å²) in [6.45, 7) is 0.147. The Bertz CT molecular complexity index is 563. The fourth-order valence-corrected chi connectivity index (χ4v) is 1.65. The van der Waals surface area contributed by atoms with E-state index >= 15 is 0 Å². The summed E-state index contributed by atoms with van der Waals surface area (Å²) in [6, 6.07) is 5.69. The summed E-state index contributed by atoms with van der Waals surface area (Å²) in [6.07, 6.45) is 0.632. The number of nitrogens with zero attached hydrogens (tertiary/aromatic N) is 2. The first-order valence-electron chi connectivity index (χ1n) is 5.23. The van der Waals surface area contributed by atoms with Gasteiger partial charge in [-0.25, -0.2) is 9.07 Å². The number of ether oxygens (including phenoxy) is 1. The minimum Gasteiger partial charge on any atom is -0.383 e. The smallest absolute Gasteiger partial charge is 0.156 e. The summed E-state index contributed by atoms with van der Waals surface area (Å²) in [5.41, 5.74) is 7.10. The Labute approximate surface area is 103 Å². The highest BCUT2D eigenvalue weighted by atomic mass is 19.1. The first kappa shape index (κ1) is 12.3. The van der Waals surface area contributed by atoms with Crippen LogP contribution in [0.5, 0.6) is 0 Å². The zero-order valence-corrected chi connectivity index (χ0v) is 9.76. The number of methoxy groups -OCH3 is 1. The Morgan fingerprint density at radius 2 is 2.11 bits per heavy atom. The van der Waals surface area contributed by atoms with Crippen molar-refractivity contribution in [2.75, 3.05) is 12.8 Å². The van der Waals surface area contributed by atoms with Crippen molar-refractivity contribution in [3.8, 4) is 11.3 Å². The van der Waals surface area contributed by atoms with E-state index in [-0.39, 0.29) is 23.9 Å². The fraction of sp³-hybridized carbons (Fsp3) is 0.167. The molecule has 5 nitrogen and oxygen atoms in total. The van der Waals surface area contributed by atoms with Crippen molar-refractivity contribution < 1.29 is 13.9 Å². The molecule has 18 heavy (non-hydrogen) atoms. The molecule has 0 fully saturated rings. The highest BCUT2D eigenvalue weighted by Crippen LogP contribution is 2.25. The number of aromatic nitrogens is 2. The van der Waals surface area contributed by atoms with Crippen LogP contribution in [0.3, 0.4) is 0 Å². The molecule has 0 atom stereocenters. The molecule has 2 N–H and O–H groups in total. The number of nitrogens with two attached hydrogens (primary N) is 1. The fourth-order valence-electron chi connectivity index (χ4n) is 1.65. The highest BCUT2D eigenvalue weighted by molar-refractivity contribution is 5.91. The number of benzene rings is 1. The van der Waals surface area contributed by atoms with E-state index in [0.717, 1.165) is 0 Å². The minimum atomic E-state index is -0.351. The molecule has 0 bridgehead atoms. The molecule has 0 amide bonds. The third-order valence-corrected chi connectivity index (χ3v) is 2.52. The van der Waals surface area contributed by atoms with Crippen LogP contribution in [0, 0.1) is 5.82 Å². The Morgan fingerprint density at radius 1 is 1.44 bits per heavy atom. The van der Waals surface area contributed by atoms with E-state index in [1.807, 2.05) is 0 Å². The molecule has 0 saturated heterocycles. The van der Waals surface area contributed by atoms with Crippen molar-refractivity contribution in [2.45, 2.75) is 6.73 Å². The van der Waals surface area contributed by atoms with Crippen molar-refractivity contribution in [1.29, 1.82) is 0 Å². The topological polar surface area (TPSA) is 70.1 Å². The zero-order chi connectivity index (χ0) is 13.1. The first-order valence-corrected chi connectivity index (χ1v) is 5.23. The summed E-state index contributed by atoms with van der Waals surface area (Å²) in [4.78, 5) is 11.1. The molecule has 0 saturated carbocycles. The van der Waals surface area contributed by atoms with Crippen LogP contribution >= 0.6 is 0 Å². The number of nitrogen functional groups attached to an aromatic ring is 1. The van der Waals surface area contributed by atoms with E-state index in [1.54, 1.807) is 12.1 Å². The number of anilines is 1. The highest BCUT2D eigenvalue weighted by Gasteiger charge is 2.16. The Balaban J connectivity index is 2.52. The van der Waals surface area contributed by atoms with E-state index in [0.29, 0.717) is 17.5 Å². The van der Waals surface area contributed by atoms with Crippen LogP contribution < -0.4 is 5.73 Å². The number of carbonyl (C=O) groups excluding carboxylic acids is 1. The second-order valence-corrected chi connectivity index (χ2v) is 3.69. The van der Waals surface area contributed by atoms with Gasteiger partial charge in [0.2, 0.25) is 0 Å². The van der Waals surface area contributed by atoms with Gasteiger partial charge < -0.3 is 10.5 Å². The molecule has 0 radical (unpaired) electrons. The van der Waals surface area contributed by atoms with Gasteiger partial charge >= 0.3 is 0 Å². The van der Waals surface area contributed by atoms with Crippen LogP contribution in [0.2, 0.25) is 0 Å². The molecule has 0 spiro atoms. The molecule has 1 aromatic carbocycles. The van der Waals surface area contributed by atoms with E-state index in [2.05, 4.69) is 5.10 Å². The minimum absolute atomic E-state index is 0.147. The average molecular weight is 249 g/mol. The second kappa shape index (κ2) is 4.97. The molecule has 0 unspecified atom stereocenters. The molecule has 6 heteroatoms. The van der Waals surface area contributed by atoms with Gasteiger partial charge in [-0.1, -0.05) is 0 Å². The number of aldehydes is 1. The lowest BCUT2D eigenvalue weighted by Crippen LogP contribution is -2.06. The summed E-state index contributed by atoms with van der Waals surface area (Å²) >= 11 is 0. The quantitative estimate of drug-likeness (QED) is 0.837. The summed E-state index contributed by atoms with van der Waals surface area (Å²) in [5.74, 6) is -0.123. The maximum atomic E-state index is 12.9. The predicted molar refractivity (Wildman–Crippen MR) is 64.4 cm³/mol. The summed E-state index contributed by atoms with van der Waals surface area (Å²) < 4.78 is 19.1. The molecular formula is C12H12FN3O2. The van der Waals surface area contributed by atoms with Gasteiger partial charge in [-0.15, -0.1) is 0 Å². The Morgan fingerprint density at radius 3 is 2.67 bits per heavy atom. The number of rotatable bonds is 4. The lowest BCUT2D eigenvalue weighted by Gasteiger charge is -2.00. The number of halogens is 1. The maximum absolute atomic E-state index is 12.9. The predicted octanol–water partition coefficient (Wildman–Crippen LogP) is 1.69. The third-order valence-electron chi connectivity index (χ3n) is 2.52. The Hall–Kier alpha value is -2.21. The zero-order valence-electron chi connectivity index (χ0n) is 9.76. The first-order chi connectivity index (χ1) is 8.67. The van der Waals surface area contributed by atoms with E-state index in [4.69, 9.17) is 10.5 Å². The van der Waals surface area contributed by atoms with Gasteiger partial charge in [0, 0.05) is 12.7 Å². The van der Waals surface area contributed by atoms with Gasteiger partial charge in [-0.2, -0.15) is 5.10 Å². The van der Waals surface area contributed by atoms with Crippen molar-refractivity contribution in [3.63, 3.8) is 0 Å². The van der Waals surface area contributed by atoms with Crippen molar-refractivity contribution >= 4 is 12.1 Å². The van der Waals surface area contributed by atoms with Crippen molar-refractivity contribution in [3.05, 3.63) is 35.6 Å². The maximum Gasteiger partial charge on any atom is 0.156 e. The molecule has 1 aromatic heterocycles. The molecule has 94 valence electrons. The van der Waals surface area contributed by atoms with Gasteiger partial charge in [0.15, 0.2) is 6.29 Å². The van der Waals surface area contributed by atoms with Crippen LogP contribution in [0.1, 0.15) is 10.4 Å². The second-order valence-electron chi connectivity index (χ2n) is 3.69. The van der Waals surface area contributed by atoms with E-state index in [9.17, 15) is 9.18 Å². The van der Waals surface area contributed by atoms with Crippen LogP contribution in [0.4, 0.5) is 10.2 Å². The largest absolute Gasteiger partial charge is 0.383 e. The normalized spacial score (nSPS) is 10.6. The third kappa shape index (κ3) is 2.10. The number of carbonyl (C=O) groups is 1. The molecule has 0 aliphatic carbocycles. The van der Waals surface area contributed by atoms with Gasteiger partial charge in [0.1, 0.15) is 24.1 Å². The standard InChI is InChI=1S/C12H12FN3O2/c1-18-7-16-12(14)10(6-17)11(15-16)8-2-4-9(13)5-3-8/h2-6H,7,14H2,1H3. The number of hydrogen-bond donors (Lipinski definition) is 1.